The second-order valence-corrected chi connectivity index (χ2v) is 14.3. The standard InChI is InChI=1S/C35H48N6O2S/c1-23(2)40-15-17-41(18-16-40)27-13-14-33(36-21-27)37-30-19-26(22-39(4)35(30)43)28-10-8-11-29(24(28)3)38-34(42)32-20-25-9-6-5-7-12-31(25)44-32/h8,10-11,13-14,20-21,23,26,30,35,43H,5-7,9,12,15-19,22H2,1-4H3,(H,36,37)(H,38,42). The van der Waals surface area contributed by atoms with Gasteiger partial charge in [-0.2, -0.15) is 0 Å². The van der Waals surface area contributed by atoms with E-state index < -0.39 is 6.23 Å². The summed E-state index contributed by atoms with van der Waals surface area (Å²) >= 11 is 1.66. The minimum absolute atomic E-state index is 0.0182. The van der Waals surface area contributed by atoms with Crippen LogP contribution in [0.1, 0.15) is 76.7 Å². The van der Waals surface area contributed by atoms with E-state index in [-0.39, 0.29) is 17.9 Å². The summed E-state index contributed by atoms with van der Waals surface area (Å²) in [4.78, 5) is 27.2. The molecule has 3 unspecified atom stereocenters. The summed E-state index contributed by atoms with van der Waals surface area (Å²) in [5.74, 6) is 0.960. The van der Waals surface area contributed by atoms with Crippen LogP contribution < -0.4 is 15.5 Å². The number of aliphatic hydroxyl groups excluding tert-OH is 1. The van der Waals surface area contributed by atoms with E-state index in [1.165, 1.54) is 35.3 Å². The van der Waals surface area contributed by atoms with Crippen LogP contribution in [-0.4, -0.2) is 83.9 Å². The number of fused-ring (bicyclic) bond motifs is 1. The Bertz CT molecular complexity index is 1410. The third-order valence-electron chi connectivity index (χ3n) is 9.88. The van der Waals surface area contributed by atoms with Gasteiger partial charge >= 0.3 is 0 Å². The molecule has 0 saturated carbocycles. The lowest BCUT2D eigenvalue weighted by Gasteiger charge is -2.41. The number of anilines is 3. The maximum absolute atomic E-state index is 13.3. The molecule has 2 saturated heterocycles. The van der Waals surface area contributed by atoms with E-state index in [0.29, 0.717) is 6.04 Å². The highest BCUT2D eigenvalue weighted by Gasteiger charge is 2.35. The Labute approximate surface area is 266 Å². The van der Waals surface area contributed by atoms with Crippen LogP contribution in [0.3, 0.4) is 0 Å². The van der Waals surface area contributed by atoms with Crippen molar-refractivity contribution in [3.8, 4) is 0 Å². The largest absolute Gasteiger partial charge is 0.376 e. The first kappa shape index (κ1) is 31.0. The fraction of sp³-hybridized carbons (Fsp3) is 0.543. The van der Waals surface area contributed by atoms with E-state index in [4.69, 9.17) is 4.98 Å². The molecule has 0 radical (unpaired) electrons. The number of carbonyl (C=O) groups excluding carboxylic acids is 1. The lowest BCUT2D eigenvalue weighted by Crippen LogP contribution is -2.52. The Balaban J connectivity index is 1.11. The summed E-state index contributed by atoms with van der Waals surface area (Å²) in [6.07, 6.45) is 7.98. The molecule has 0 bridgehead atoms. The average Bonchev–Trinajstić information content (AvgIpc) is 3.31. The molecule has 2 aromatic heterocycles. The maximum Gasteiger partial charge on any atom is 0.265 e. The van der Waals surface area contributed by atoms with Gasteiger partial charge in [-0.15, -0.1) is 11.3 Å². The van der Waals surface area contributed by atoms with Crippen molar-refractivity contribution < 1.29 is 9.90 Å². The highest BCUT2D eigenvalue weighted by molar-refractivity contribution is 7.14. The summed E-state index contributed by atoms with van der Waals surface area (Å²) in [7, 11) is 1.97. The molecule has 3 atom stereocenters. The van der Waals surface area contributed by atoms with Gasteiger partial charge in [0.25, 0.3) is 5.91 Å². The van der Waals surface area contributed by atoms with Crippen LogP contribution >= 0.6 is 11.3 Å². The van der Waals surface area contributed by atoms with Crippen LogP contribution in [0.15, 0.2) is 42.6 Å². The number of benzene rings is 1. The van der Waals surface area contributed by atoms with Gasteiger partial charge in [-0.25, -0.2) is 4.98 Å². The lowest BCUT2D eigenvalue weighted by molar-refractivity contribution is -0.0226. The minimum Gasteiger partial charge on any atom is -0.376 e. The number of likely N-dealkylation sites (tertiary alicyclic amines) is 1. The van der Waals surface area contributed by atoms with E-state index in [0.717, 1.165) is 79.6 Å². The van der Waals surface area contributed by atoms with Crippen molar-refractivity contribution in [3.63, 3.8) is 0 Å². The Morgan fingerprint density at radius 2 is 1.86 bits per heavy atom. The number of amides is 1. The predicted molar refractivity (Wildman–Crippen MR) is 181 cm³/mol. The Hall–Kier alpha value is -2.98. The molecule has 3 aliphatic rings. The van der Waals surface area contributed by atoms with Gasteiger partial charge < -0.3 is 20.6 Å². The third kappa shape index (κ3) is 6.81. The van der Waals surface area contributed by atoms with Crippen LogP contribution in [0.5, 0.6) is 0 Å². The van der Waals surface area contributed by atoms with Crippen molar-refractivity contribution in [2.24, 2.45) is 0 Å². The molecule has 1 aliphatic carbocycles. The summed E-state index contributed by atoms with van der Waals surface area (Å²) in [5, 5.41) is 17.9. The molecule has 3 N–H and O–H groups in total. The zero-order chi connectivity index (χ0) is 30.8. The number of pyridine rings is 1. The molecule has 1 amide bonds. The lowest BCUT2D eigenvalue weighted by atomic mass is 9.84. The molecule has 8 nitrogen and oxygen atoms in total. The minimum atomic E-state index is -0.617. The van der Waals surface area contributed by atoms with Crippen LogP contribution in [0.4, 0.5) is 17.2 Å². The second-order valence-electron chi connectivity index (χ2n) is 13.1. The number of rotatable bonds is 7. The Kier molecular flexibility index (Phi) is 9.56. The number of aryl methyl sites for hydroxylation is 2. The first-order valence-corrected chi connectivity index (χ1v) is 17.2. The second kappa shape index (κ2) is 13.6. The number of piperazine rings is 1. The van der Waals surface area contributed by atoms with Crippen molar-refractivity contribution in [1.29, 1.82) is 0 Å². The fourth-order valence-electron chi connectivity index (χ4n) is 7.16. The molecule has 9 heteroatoms. The van der Waals surface area contributed by atoms with Gasteiger partial charge in [-0.3, -0.25) is 14.6 Å². The molecule has 44 heavy (non-hydrogen) atoms. The first-order chi connectivity index (χ1) is 21.3. The number of carbonyl (C=O) groups is 1. The molecule has 236 valence electrons. The summed E-state index contributed by atoms with van der Waals surface area (Å²) in [6.45, 7) is 11.5. The Morgan fingerprint density at radius 3 is 2.61 bits per heavy atom. The van der Waals surface area contributed by atoms with Gasteiger partial charge in [0, 0.05) is 49.3 Å². The van der Waals surface area contributed by atoms with Gasteiger partial charge in [0.15, 0.2) is 0 Å². The molecule has 1 aromatic carbocycles. The maximum atomic E-state index is 13.3. The van der Waals surface area contributed by atoms with E-state index in [1.54, 1.807) is 11.3 Å². The first-order valence-electron chi connectivity index (χ1n) is 16.4. The SMILES string of the molecule is Cc1c(NC(=O)c2cc3c(s2)CCCCC3)cccc1C1CC(Nc2ccc(N3CCN(C(C)C)CC3)cn2)C(O)N(C)C1. The molecule has 3 aromatic rings. The number of aliphatic hydroxyl groups is 1. The molecule has 6 rings (SSSR count). The van der Waals surface area contributed by atoms with Gasteiger partial charge in [0.2, 0.25) is 0 Å². The van der Waals surface area contributed by atoms with Crippen LogP contribution in [0.2, 0.25) is 0 Å². The number of likely N-dealkylation sites (N-methyl/N-ethyl adjacent to an activating group) is 1. The number of aromatic nitrogens is 1. The van der Waals surface area contributed by atoms with Crippen LogP contribution in [-0.2, 0) is 12.8 Å². The van der Waals surface area contributed by atoms with Gasteiger partial charge in [0.05, 0.1) is 22.8 Å². The molecule has 0 spiro atoms. The molecule has 4 heterocycles. The zero-order valence-corrected chi connectivity index (χ0v) is 27.5. The van der Waals surface area contributed by atoms with Gasteiger partial charge in [-0.1, -0.05) is 18.6 Å². The zero-order valence-electron chi connectivity index (χ0n) is 26.7. The smallest absolute Gasteiger partial charge is 0.265 e. The topological polar surface area (TPSA) is 84.0 Å². The van der Waals surface area contributed by atoms with E-state index in [2.05, 4.69) is 59.4 Å². The highest BCUT2D eigenvalue weighted by atomic mass is 32.1. The van der Waals surface area contributed by atoms with Crippen molar-refractivity contribution >= 4 is 34.4 Å². The number of thiophene rings is 1. The highest BCUT2D eigenvalue weighted by Crippen LogP contribution is 2.35. The fourth-order valence-corrected chi connectivity index (χ4v) is 8.31. The molecular weight excluding hydrogens is 568 g/mol. The van der Waals surface area contributed by atoms with Crippen molar-refractivity contribution in [2.45, 2.75) is 83.5 Å². The summed E-state index contributed by atoms with van der Waals surface area (Å²) < 4.78 is 0. The third-order valence-corrected chi connectivity index (χ3v) is 11.1. The number of nitrogens with zero attached hydrogens (tertiary/aromatic N) is 4. The van der Waals surface area contributed by atoms with E-state index in [9.17, 15) is 9.90 Å². The quantitative estimate of drug-likeness (QED) is 0.293. The van der Waals surface area contributed by atoms with Gasteiger partial charge in [-0.05, 0) is 107 Å². The molecular formula is C35H48N6O2S. The van der Waals surface area contributed by atoms with Crippen molar-refractivity contribution in [2.75, 3.05) is 55.3 Å². The van der Waals surface area contributed by atoms with Crippen LogP contribution in [0, 0.1) is 6.92 Å². The number of hydrogen-bond acceptors (Lipinski definition) is 8. The van der Waals surface area contributed by atoms with E-state index in [1.807, 2.05) is 36.3 Å². The normalized spacial score (nSPS) is 23.3. The Morgan fingerprint density at radius 1 is 1.07 bits per heavy atom. The predicted octanol–water partition coefficient (Wildman–Crippen LogP) is 5.72. The average molecular weight is 617 g/mol. The van der Waals surface area contributed by atoms with Crippen molar-refractivity contribution in [1.82, 2.24) is 14.8 Å². The number of piperidine rings is 1. The summed E-state index contributed by atoms with van der Waals surface area (Å²) in [6, 6.07) is 12.9. The summed E-state index contributed by atoms with van der Waals surface area (Å²) in [5.41, 5.74) is 5.66. The number of nitrogens with one attached hydrogen (secondary N) is 2. The van der Waals surface area contributed by atoms with Gasteiger partial charge in [0.1, 0.15) is 12.0 Å². The van der Waals surface area contributed by atoms with Crippen LogP contribution in [0.25, 0.3) is 0 Å². The molecule has 2 fully saturated rings. The number of hydrogen-bond donors (Lipinski definition) is 3. The molecule has 2 aliphatic heterocycles. The monoisotopic (exact) mass is 616 g/mol. The van der Waals surface area contributed by atoms with Crippen molar-refractivity contribution in [3.05, 3.63) is 69.0 Å². The van der Waals surface area contributed by atoms with E-state index >= 15 is 0 Å².